The number of carboxylic acids is 1. The molecule has 0 aromatic heterocycles. The molecule has 0 amide bonds. The normalized spacial score (nSPS) is 38.2. The van der Waals surface area contributed by atoms with Crippen LogP contribution in [0.5, 0.6) is 0 Å². The largest absolute Gasteiger partial charge is 0.481 e. The van der Waals surface area contributed by atoms with Gasteiger partial charge in [-0.3, -0.25) is 19.2 Å². The van der Waals surface area contributed by atoms with Crippen molar-refractivity contribution >= 4 is 23.5 Å². The Bertz CT molecular complexity index is 1690. The van der Waals surface area contributed by atoms with Crippen LogP contribution in [0.1, 0.15) is 79.1 Å². The highest BCUT2D eigenvalue weighted by Gasteiger charge is 2.43. The fourth-order valence-electron chi connectivity index (χ4n) is 7.15. The number of Topliss-reactive ketones (excluding diaryl/α,β-unsaturated/α-hetero) is 2. The van der Waals surface area contributed by atoms with E-state index in [2.05, 4.69) is 0 Å². The molecular formula is C47H71NO17. The number of ether oxygens (including phenoxy) is 3. The zero-order valence-corrected chi connectivity index (χ0v) is 37.5. The van der Waals surface area contributed by atoms with Gasteiger partial charge in [-0.15, -0.1) is 0 Å². The molecule has 17 atom stereocenters. The van der Waals surface area contributed by atoms with E-state index in [1.807, 2.05) is 6.92 Å². The highest BCUT2D eigenvalue weighted by Crippen LogP contribution is 2.26. The van der Waals surface area contributed by atoms with Gasteiger partial charge in [-0.25, -0.2) is 0 Å². The number of allylic oxidation sites excluding steroid dienone is 12. The Balaban J connectivity index is 2.29. The number of rotatable bonds is 3. The molecule has 2 rings (SSSR count). The first-order valence-electron chi connectivity index (χ1n) is 22.0. The number of carboxylic acid groups (broad SMARTS) is 1. The van der Waals surface area contributed by atoms with Gasteiger partial charge in [-0.1, -0.05) is 98.9 Å². The average molecular weight is 922 g/mol. The van der Waals surface area contributed by atoms with Gasteiger partial charge in [-0.2, -0.15) is 0 Å². The summed E-state index contributed by atoms with van der Waals surface area (Å²) in [5, 5.41) is 106. The third kappa shape index (κ3) is 21.0. The maximum atomic E-state index is 12.9. The van der Waals surface area contributed by atoms with Crippen molar-refractivity contribution in [2.75, 3.05) is 0 Å². The smallest absolute Gasteiger partial charge is 0.311 e. The van der Waals surface area contributed by atoms with Crippen LogP contribution >= 0.6 is 0 Å². The standard InChI is InChI=1S/C47H71NO17/c1-27-17-15-13-11-9-7-5-6-8-10-12-14-16-18-35(65-47-45(60)42(48)44(59)30(4)64-47)26-39(56)41(46(61)62)38(55)24-34(52)23-37(54)36(53)20-19-31(49)21-32(50)22-33(51)25-40(57)63-29(3)28(2)43(27)58/h5-18,27-31,33,35-39,41-45,47,49,51,53-56,58-60H,19-26,48H2,1-4H3,(H,61,62). The van der Waals surface area contributed by atoms with Crippen LogP contribution in [0.3, 0.4) is 0 Å². The molecule has 0 saturated carbocycles. The molecule has 18 nitrogen and oxygen atoms in total. The molecule has 366 valence electrons. The summed E-state index contributed by atoms with van der Waals surface area (Å²) in [5.74, 6) is -6.64. The van der Waals surface area contributed by atoms with Crippen molar-refractivity contribution in [1.82, 2.24) is 0 Å². The second kappa shape index (κ2) is 29.6. The molecule has 0 spiro atoms. The molecular weight excluding hydrogens is 851 g/mol. The van der Waals surface area contributed by atoms with Crippen molar-refractivity contribution in [3.05, 3.63) is 85.1 Å². The first-order valence-corrected chi connectivity index (χ1v) is 22.0. The zero-order chi connectivity index (χ0) is 48.8. The Morgan fingerprint density at radius 1 is 0.585 bits per heavy atom. The molecule has 1 saturated heterocycles. The summed E-state index contributed by atoms with van der Waals surface area (Å²) < 4.78 is 16.9. The SMILES string of the molecule is CC1C=CC=CC=CC=CC=CC=CC=CC(OC2OC(C)C(O)C(N)C2O)CC(O)C(C(=O)O)C(O)CC(=O)CC(O)C(O)CCC(O)CC(=O)CC(O)CC(=O)OC(C)C(C)C1O. The topological polar surface area (TPSA) is 324 Å². The van der Waals surface area contributed by atoms with Gasteiger partial charge >= 0.3 is 11.9 Å². The number of hydrogen-bond acceptors (Lipinski definition) is 17. The van der Waals surface area contributed by atoms with Crippen molar-refractivity contribution < 1.29 is 84.5 Å². The maximum Gasteiger partial charge on any atom is 0.311 e. The van der Waals surface area contributed by atoms with E-state index in [9.17, 15) is 70.2 Å². The number of carbonyl (C=O) groups excluding carboxylic acids is 3. The number of cyclic esters (lactones) is 1. The predicted molar refractivity (Wildman–Crippen MR) is 237 cm³/mol. The number of hydrogen-bond donors (Lipinski definition) is 11. The Hall–Kier alpha value is -4.02. The minimum absolute atomic E-state index is 0.208. The summed E-state index contributed by atoms with van der Waals surface area (Å²) in [7, 11) is 0. The van der Waals surface area contributed by atoms with Crippen molar-refractivity contribution in [3.8, 4) is 0 Å². The van der Waals surface area contributed by atoms with E-state index >= 15 is 0 Å². The van der Waals surface area contributed by atoms with Crippen molar-refractivity contribution in [3.63, 3.8) is 0 Å². The number of carbonyl (C=O) groups is 4. The molecule has 2 aliphatic heterocycles. The lowest BCUT2D eigenvalue weighted by atomic mass is 9.88. The monoisotopic (exact) mass is 921 g/mol. The third-order valence-electron chi connectivity index (χ3n) is 11.3. The molecule has 0 aromatic rings. The Morgan fingerprint density at radius 2 is 1.09 bits per heavy atom. The second-order valence-electron chi connectivity index (χ2n) is 16.9. The van der Waals surface area contributed by atoms with Crippen molar-refractivity contribution in [2.45, 2.75) is 165 Å². The van der Waals surface area contributed by atoms with Gasteiger partial charge in [0, 0.05) is 43.9 Å². The van der Waals surface area contributed by atoms with Crippen LogP contribution in [-0.4, -0.2) is 160 Å². The van der Waals surface area contributed by atoms with E-state index in [4.69, 9.17) is 19.9 Å². The van der Waals surface area contributed by atoms with Gasteiger partial charge in [-0.05, 0) is 26.7 Å². The number of aliphatic hydroxyl groups is 9. The molecule has 0 radical (unpaired) electrons. The summed E-state index contributed by atoms with van der Waals surface area (Å²) in [6, 6.07) is -1.16. The number of nitrogens with two attached hydrogens (primary N) is 1. The number of ketones is 2. The summed E-state index contributed by atoms with van der Waals surface area (Å²) in [6.07, 6.45) is 2.33. The van der Waals surface area contributed by atoms with Crippen molar-refractivity contribution in [1.29, 1.82) is 0 Å². The lowest BCUT2D eigenvalue weighted by Gasteiger charge is -2.41. The molecule has 1 fully saturated rings. The Kier molecular flexibility index (Phi) is 26.0. The van der Waals surface area contributed by atoms with Crippen LogP contribution in [0.25, 0.3) is 0 Å². The number of aliphatic carboxylic acids is 1. The summed E-state index contributed by atoms with van der Waals surface area (Å²) in [6.45, 7) is 6.64. The van der Waals surface area contributed by atoms with Gasteiger partial charge in [0.05, 0.1) is 73.5 Å². The highest BCUT2D eigenvalue weighted by molar-refractivity contribution is 5.81. The van der Waals surface area contributed by atoms with E-state index in [0.29, 0.717) is 0 Å². The molecule has 2 heterocycles. The van der Waals surface area contributed by atoms with E-state index in [0.717, 1.165) is 0 Å². The van der Waals surface area contributed by atoms with Gasteiger partial charge < -0.3 is 71.0 Å². The van der Waals surface area contributed by atoms with Crippen LogP contribution < -0.4 is 5.73 Å². The highest BCUT2D eigenvalue weighted by atomic mass is 16.7. The van der Waals surface area contributed by atoms with Crippen molar-refractivity contribution in [2.24, 2.45) is 23.5 Å². The van der Waals surface area contributed by atoms with Gasteiger partial charge in [0.25, 0.3) is 0 Å². The van der Waals surface area contributed by atoms with Gasteiger partial charge in [0.2, 0.25) is 0 Å². The summed E-state index contributed by atoms with van der Waals surface area (Å²) >= 11 is 0. The van der Waals surface area contributed by atoms with E-state index < -0.39 is 159 Å². The molecule has 0 aromatic carbocycles. The zero-order valence-electron chi connectivity index (χ0n) is 37.5. The predicted octanol–water partition coefficient (Wildman–Crippen LogP) is 0.763. The summed E-state index contributed by atoms with van der Waals surface area (Å²) in [4.78, 5) is 50.3. The fraction of sp³-hybridized carbons (Fsp3) is 0.617. The quantitative estimate of drug-likeness (QED) is 0.174. The van der Waals surface area contributed by atoms with Gasteiger partial charge in [0.1, 0.15) is 29.7 Å². The molecule has 65 heavy (non-hydrogen) atoms. The molecule has 2 aliphatic rings. The average Bonchev–Trinajstić information content (AvgIpc) is 3.22. The molecule has 18 heteroatoms. The molecule has 0 bridgehead atoms. The minimum Gasteiger partial charge on any atom is -0.481 e. The summed E-state index contributed by atoms with van der Waals surface area (Å²) in [5.41, 5.74) is 5.95. The molecule has 12 N–H and O–H groups in total. The van der Waals surface area contributed by atoms with E-state index in [1.54, 1.807) is 86.8 Å². The van der Waals surface area contributed by atoms with E-state index in [1.165, 1.54) is 19.1 Å². The van der Waals surface area contributed by atoms with Crippen LogP contribution in [-0.2, 0) is 33.4 Å². The fourth-order valence-corrected chi connectivity index (χ4v) is 7.15. The lowest BCUT2D eigenvalue weighted by molar-refractivity contribution is -0.277. The first kappa shape index (κ1) is 57.1. The van der Waals surface area contributed by atoms with Gasteiger partial charge in [0.15, 0.2) is 6.29 Å². The van der Waals surface area contributed by atoms with Crippen LogP contribution in [0.15, 0.2) is 85.1 Å². The molecule has 0 aliphatic carbocycles. The van der Waals surface area contributed by atoms with E-state index in [-0.39, 0.29) is 18.8 Å². The molecule has 17 unspecified atom stereocenters. The third-order valence-corrected chi connectivity index (χ3v) is 11.3. The van der Waals surface area contributed by atoms with Crippen LogP contribution in [0, 0.1) is 17.8 Å². The first-order chi connectivity index (χ1) is 30.6. The second-order valence-corrected chi connectivity index (χ2v) is 16.9. The maximum absolute atomic E-state index is 12.9. The minimum atomic E-state index is -1.97. The van der Waals surface area contributed by atoms with Crippen LogP contribution in [0.4, 0.5) is 0 Å². The Morgan fingerprint density at radius 3 is 1.66 bits per heavy atom. The Labute approximate surface area is 380 Å². The number of aliphatic hydroxyl groups excluding tert-OH is 9. The van der Waals surface area contributed by atoms with Crippen LogP contribution in [0.2, 0.25) is 0 Å². The number of esters is 1. The lowest BCUT2D eigenvalue weighted by Crippen LogP contribution is -2.61.